The van der Waals surface area contributed by atoms with Crippen molar-refractivity contribution in [3.8, 4) is 5.75 Å². The van der Waals surface area contributed by atoms with E-state index in [4.69, 9.17) is 9.47 Å². The maximum Gasteiger partial charge on any atom is 0.167 e. The van der Waals surface area contributed by atoms with Gasteiger partial charge in [0.2, 0.25) is 0 Å². The van der Waals surface area contributed by atoms with Gasteiger partial charge in [0.05, 0.1) is 12.7 Å². The second-order valence-corrected chi connectivity index (χ2v) is 4.39. The number of benzene rings is 1. The van der Waals surface area contributed by atoms with Gasteiger partial charge in [-0.1, -0.05) is 12.1 Å². The Morgan fingerprint density at radius 1 is 1.59 bits per heavy atom. The lowest BCUT2D eigenvalue weighted by atomic mass is 10.0. The molecule has 1 N–H and O–H groups in total. The molecule has 0 saturated carbocycles. The fourth-order valence-electron chi connectivity index (χ4n) is 1.90. The zero-order valence-electron chi connectivity index (χ0n) is 9.86. The number of aryl methyl sites for hydroxylation is 1. The van der Waals surface area contributed by atoms with E-state index in [1.807, 2.05) is 0 Å². The quantitative estimate of drug-likeness (QED) is 0.873. The number of hydrogen-bond acceptors (Lipinski definition) is 3. The maximum atomic E-state index is 13.6. The third-order valence-electron chi connectivity index (χ3n) is 3.08. The summed E-state index contributed by atoms with van der Waals surface area (Å²) in [5.41, 5.74) is 0.543. The molecular weight excluding hydrogens is 223 g/mol. The van der Waals surface area contributed by atoms with Crippen LogP contribution in [0.2, 0.25) is 0 Å². The van der Waals surface area contributed by atoms with E-state index in [1.54, 1.807) is 25.1 Å². The third-order valence-corrected chi connectivity index (χ3v) is 3.08. The zero-order chi connectivity index (χ0) is 12.3. The van der Waals surface area contributed by atoms with E-state index in [0.29, 0.717) is 18.8 Å². The van der Waals surface area contributed by atoms with Crippen LogP contribution in [-0.2, 0) is 4.74 Å². The van der Waals surface area contributed by atoms with E-state index in [2.05, 4.69) is 0 Å². The predicted octanol–water partition coefficient (Wildman–Crippen LogP) is 1.91. The van der Waals surface area contributed by atoms with Crippen molar-refractivity contribution in [3.63, 3.8) is 0 Å². The van der Waals surface area contributed by atoms with Crippen LogP contribution in [0.4, 0.5) is 4.39 Å². The molecule has 94 valence electrons. The fraction of sp³-hybridized carbons (Fsp3) is 0.538. The van der Waals surface area contributed by atoms with Crippen molar-refractivity contribution in [2.45, 2.75) is 19.4 Å². The summed E-state index contributed by atoms with van der Waals surface area (Å²) in [4.78, 5) is 0. The van der Waals surface area contributed by atoms with Gasteiger partial charge in [0.1, 0.15) is 6.61 Å². The van der Waals surface area contributed by atoms with Crippen LogP contribution < -0.4 is 4.74 Å². The molecule has 2 rings (SSSR count). The van der Waals surface area contributed by atoms with Crippen molar-refractivity contribution < 1.29 is 19.0 Å². The Morgan fingerprint density at radius 3 is 3.12 bits per heavy atom. The molecule has 0 bridgehead atoms. The van der Waals surface area contributed by atoms with Gasteiger partial charge < -0.3 is 14.6 Å². The number of rotatable bonds is 4. The minimum absolute atomic E-state index is 0.0999. The van der Waals surface area contributed by atoms with Crippen molar-refractivity contribution in [2.75, 3.05) is 19.8 Å². The maximum absolute atomic E-state index is 13.6. The molecule has 1 fully saturated rings. The van der Waals surface area contributed by atoms with Crippen LogP contribution in [0.3, 0.4) is 0 Å². The fourth-order valence-corrected chi connectivity index (χ4v) is 1.90. The summed E-state index contributed by atoms with van der Waals surface area (Å²) in [7, 11) is 0. The number of halogens is 1. The van der Waals surface area contributed by atoms with Crippen LogP contribution in [0, 0.1) is 18.7 Å². The number of aliphatic hydroxyl groups excluding tert-OH is 1. The first kappa shape index (κ1) is 12.3. The van der Waals surface area contributed by atoms with Gasteiger partial charge in [-0.05, 0) is 25.0 Å². The standard InChI is InChI=1S/C13H17FO3/c1-9-3-2-4-12(13(9)14)17-8-11(15)10-5-6-16-7-10/h2-4,10-11,15H,5-8H2,1H3. The Morgan fingerprint density at radius 2 is 2.41 bits per heavy atom. The van der Waals surface area contributed by atoms with Gasteiger partial charge in [-0.25, -0.2) is 4.39 Å². The first-order valence-corrected chi connectivity index (χ1v) is 5.82. The second kappa shape index (κ2) is 5.47. The van der Waals surface area contributed by atoms with Crippen molar-refractivity contribution >= 4 is 0 Å². The molecule has 1 saturated heterocycles. The van der Waals surface area contributed by atoms with Crippen LogP contribution in [0.15, 0.2) is 18.2 Å². The predicted molar refractivity (Wildman–Crippen MR) is 61.6 cm³/mol. The van der Waals surface area contributed by atoms with E-state index in [0.717, 1.165) is 6.42 Å². The van der Waals surface area contributed by atoms with Gasteiger partial charge in [-0.2, -0.15) is 0 Å². The molecule has 2 atom stereocenters. The highest BCUT2D eigenvalue weighted by molar-refractivity contribution is 5.30. The van der Waals surface area contributed by atoms with E-state index >= 15 is 0 Å². The normalized spacial score (nSPS) is 21.5. The van der Waals surface area contributed by atoms with E-state index in [-0.39, 0.29) is 24.1 Å². The average Bonchev–Trinajstić information content (AvgIpc) is 2.84. The lowest BCUT2D eigenvalue weighted by Gasteiger charge is -2.17. The first-order valence-electron chi connectivity index (χ1n) is 5.82. The van der Waals surface area contributed by atoms with Gasteiger partial charge in [-0.3, -0.25) is 0 Å². The van der Waals surface area contributed by atoms with Gasteiger partial charge in [-0.15, -0.1) is 0 Å². The summed E-state index contributed by atoms with van der Waals surface area (Å²) in [5.74, 6) is -0.0618. The lowest BCUT2D eigenvalue weighted by Crippen LogP contribution is -2.27. The lowest BCUT2D eigenvalue weighted by molar-refractivity contribution is 0.0486. The first-order chi connectivity index (χ1) is 8.18. The highest BCUT2D eigenvalue weighted by Gasteiger charge is 2.24. The molecule has 3 nitrogen and oxygen atoms in total. The molecule has 0 radical (unpaired) electrons. The highest BCUT2D eigenvalue weighted by Crippen LogP contribution is 2.22. The molecule has 4 heteroatoms. The Hall–Kier alpha value is -1.13. The van der Waals surface area contributed by atoms with E-state index in [9.17, 15) is 9.50 Å². The number of ether oxygens (including phenoxy) is 2. The summed E-state index contributed by atoms with van der Waals surface area (Å²) in [5, 5.41) is 9.84. The second-order valence-electron chi connectivity index (χ2n) is 4.39. The van der Waals surface area contributed by atoms with E-state index in [1.165, 1.54) is 0 Å². The molecule has 1 heterocycles. The summed E-state index contributed by atoms with van der Waals surface area (Å²) in [6.45, 7) is 3.03. The Balaban J connectivity index is 1.90. The van der Waals surface area contributed by atoms with Crippen molar-refractivity contribution in [1.82, 2.24) is 0 Å². The average molecular weight is 240 g/mol. The molecule has 0 aromatic heterocycles. The topological polar surface area (TPSA) is 38.7 Å². The van der Waals surface area contributed by atoms with Gasteiger partial charge in [0.25, 0.3) is 0 Å². The molecule has 1 aromatic rings. The summed E-state index contributed by atoms with van der Waals surface area (Å²) in [6.07, 6.45) is 0.235. The molecular formula is C13H17FO3. The summed E-state index contributed by atoms with van der Waals surface area (Å²) < 4.78 is 24.1. The molecule has 0 spiro atoms. The van der Waals surface area contributed by atoms with Crippen LogP contribution in [-0.4, -0.2) is 31.0 Å². The van der Waals surface area contributed by atoms with Crippen molar-refractivity contribution in [3.05, 3.63) is 29.6 Å². The van der Waals surface area contributed by atoms with Gasteiger partial charge >= 0.3 is 0 Å². The minimum Gasteiger partial charge on any atom is -0.488 e. The van der Waals surface area contributed by atoms with Crippen LogP contribution in [0.1, 0.15) is 12.0 Å². The van der Waals surface area contributed by atoms with Crippen LogP contribution in [0.25, 0.3) is 0 Å². The Labute approximate surface area is 100 Å². The third kappa shape index (κ3) is 2.96. The zero-order valence-corrected chi connectivity index (χ0v) is 9.86. The minimum atomic E-state index is -0.600. The van der Waals surface area contributed by atoms with Crippen molar-refractivity contribution in [1.29, 1.82) is 0 Å². The molecule has 2 unspecified atom stereocenters. The highest BCUT2D eigenvalue weighted by atomic mass is 19.1. The van der Waals surface area contributed by atoms with Gasteiger partial charge in [0, 0.05) is 12.5 Å². The number of aliphatic hydroxyl groups is 1. The molecule has 1 aliphatic heterocycles. The molecule has 0 aliphatic carbocycles. The Kier molecular flexibility index (Phi) is 3.97. The summed E-state index contributed by atoms with van der Waals surface area (Å²) >= 11 is 0. The molecule has 0 amide bonds. The SMILES string of the molecule is Cc1cccc(OCC(O)C2CCOC2)c1F. The Bertz CT molecular complexity index is 375. The largest absolute Gasteiger partial charge is 0.488 e. The number of hydrogen-bond donors (Lipinski definition) is 1. The monoisotopic (exact) mass is 240 g/mol. The van der Waals surface area contributed by atoms with E-state index < -0.39 is 6.10 Å². The molecule has 17 heavy (non-hydrogen) atoms. The summed E-state index contributed by atoms with van der Waals surface area (Å²) in [6, 6.07) is 4.99. The van der Waals surface area contributed by atoms with Crippen molar-refractivity contribution in [2.24, 2.45) is 5.92 Å². The van der Waals surface area contributed by atoms with Crippen LogP contribution >= 0.6 is 0 Å². The smallest absolute Gasteiger partial charge is 0.167 e. The molecule has 1 aliphatic rings. The van der Waals surface area contributed by atoms with Gasteiger partial charge in [0.15, 0.2) is 11.6 Å². The van der Waals surface area contributed by atoms with Crippen LogP contribution in [0.5, 0.6) is 5.75 Å². The molecule has 1 aromatic carbocycles.